The molecule has 10 aromatic rings. The molecule has 0 bridgehead atoms. The number of benzene rings is 8. The summed E-state index contributed by atoms with van der Waals surface area (Å²) in [4.78, 5) is 2.43. The summed E-state index contributed by atoms with van der Waals surface area (Å²) in [5.41, 5.74) is 9.80. The van der Waals surface area contributed by atoms with Gasteiger partial charge in [0.1, 0.15) is 11.2 Å². The first kappa shape index (κ1) is 27.9. The van der Waals surface area contributed by atoms with Crippen LogP contribution in [0.25, 0.3) is 75.1 Å². The first-order valence-corrected chi connectivity index (χ1v) is 17.4. The summed E-state index contributed by atoms with van der Waals surface area (Å²) in [5, 5.41) is 7.18. The number of anilines is 3. The Morgan fingerprint density at radius 2 is 1.10 bits per heavy atom. The van der Waals surface area contributed by atoms with Gasteiger partial charge < -0.3 is 9.32 Å². The van der Waals surface area contributed by atoms with E-state index >= 15 is 0 Å². The van der Waals surface area contributed by atoms with Crippen LogP contribution in [0, 0.1) is 0 Å². The zero-order valence-corrected chi connectivity index (χ0v) is 27.3. The van der Waals surface area contributed by atoms with E-state index in [-0.39, 0.29) is 0 Å². The monoisotopic (exact) mass is 643 g/mol. The molecule has 0 N–H and O–H groups in total. The number of rotatable bonds is 5. The van der Waals surface area contributed by atoms with E-state index in [9.17, 15) is 0 Å². The molecular formula is C46H29NOS. The fourth-order valence-corrected chi connectivity index (χ4v) is 8.55. The van der Waals surface area contributed by atoms with Crippen molar-refractivity contribution >= 4 is 81.3 Å². The normalized spacial score (nSPS) is 11.7. The average Bonchev–Trinajstić information content (AvgIpc) is 3.74. The third-order valence-corrected chi connectivity index (χ3v) is 10.8. The summed E-state index contributed by atoms with van der Waals surface area (Å²) in [7, 11) is 0. The molecule has 0 fully saturated rings. The fraction of sp³-hybridized carbons (Fsp3) is 0. The van der Waals surface area contributed by atoms with Gasteiger partial charge in [0.2, 0.25) is 0 Å². The number of thiophene rings is 1. The Balaban J connectivity index is 1.24. The van der Waals surface area contributed by atoms with Crippen LogP contribution in [0.5, 0.6) is 0 Å². The van der Waals surface area contributed by atoms with Crippen molar-refractivity contribution in [2.75, 3.05) is 4.90 Å². The Kier molecular flexibility index (Phi) is 6.39. The number of fused-ring (bicyclic) bond motifs is 7. The van der Waals surface area contributed by atoms with Crippen molar-refractivity contribution in [3.63, 3.8) is 0 Å². The van der Waals surface area contributed by atoms with Gasteiger partial charge in [-0.15, -0.1) is 11.3 Å². The molecule has 0 aliphatic heterocycles. The fourth-order valence-electron chi connectivity index (χ4n) is 7.37. The highest BCUT2D eigenvalue weighted by Crippen LogP contribution is 2.48. The molecule has 0 aliphatic rings. The van der Waals surface area contributed by atoms with Crippen molar-refractivity contribution in [3.05, 3.63) is 176 Å². The molecule has 0 radical (unpaired) electrons. The number of hydrogen-bond donors (Lipinski definition) is 0. The quantitative estimate of drug-likeness (QED) is 0.186. The molecule has 0 atom stereocenters. The zero-order valence-electron chi connectivity index (χ0n) is 26.5. The SMILES string of the molecule is c1ccc(-c2ccc3c(c2)sc2cc(N(c4cccc5ccccc45)c4ccc(-c5ccccc5)c5oc6ccccc6c45)ccc23)cc1. The Hall–Kier alpha value is -6.16. The molecule has 0 spiro atoms. The van der Waals surface area contributed by atoms with Crippen LogP contribution in [0.2, 0.25) is 0 Å². The van der Waals surface area contributed by atoms with E-state index in [0.717, 1.165) is 50.1 Å². The zero-order chi connectivity index (χ0) is 32.3. The Labute approximate surface area is 287 Å². The standard InChI is InChI=1S/C46H29NOS/c1-3-12-30(13-4-1)33-22-24-37-38-25-23-34(29-44(38)49-43(37)28-33)47(40-20-11-17-31-16-7-8-18-35(31)40)41-27-26-36(32-14-5-2-6-15-32)46-45(41)39-19-9-10-21-42(39)48-46/h1-29H. The lowest BCUT2D eigenvalue weighted by atomic mass is 9.99. The molecule has 0 aliphatic carbocycles. The molecule has 49 heavy (non-hydrogen) atoms. The predicted molar refractivity (Wildman–Crippen MR) is 210 cm³/mol. The van der Waals surface area contributed by atoms with E-state index in [1.54, 1.807) is 0 Å². The summed E-state index contributed by atoms with van der Waals surface area (Å²) in [6, 6.07) is 63.1. The van der Waals surface area contributed by atoms with E-state index in [0.29, 0.717) is 0 Å². The third-order valence-electron chi connectivity index (χ3n) is 9.66. The number of furan rings is 1. The summed E-state index contributed by atoms with van der Waals surface area (Å²) < 4.78 is 9.27. The molecule has 2 heterocycles. The maximum absolute atomic E-state index is 6.72. The van der Waals surface area contributed by atoms with Crippen LogP contribution in [0.15, 0.2) is 180 Å². The van der Waals surface area contributed by atoms with Gasteiger partial charge in [0, 0.05) is 42.2 Å². The number of nitrogens with zero attached hydrogens (tertiary/aromatic N) is 1. The van der Waals surface area contributed by atoms with Crippen molar-refractivity contribution < 1.29 is 4.42 Å². The highest BCUT2D eigenvalue weighted by atomic mass is 32.1. The van der Waals surface area contributed by atoms with Crippen LogP contribution in [-0.4, -0.2) is 0 Å². The van der Waals surface area contributed by atoms with E-state index < -0.39 is 0 Å². The predicted octanol–water partition coefficient (Wildman–Crippen LogP) is 13.9. The van der Waals surface area contributed by atoms with Crippen LogP contribution < -0.4 is 4.90 Å². The summed E-state index contributed by atoms with van der Waals surface area (Å²) in [5.74, 6) is 0. The first-order valence-electron chi connectivity index (χ1n) is 16.6. The minimum atomic E-state index is 0.883. The van der Waals surface area contributed by atoms with Gasteiger partial charge in [-0.3, -0.25) is 0 Å². The number of para-hydroxylation sites is 1. The van der Waals surface area contributed by atoms with Crippen LogP contribution in [-0.2, 0) is 0 Å². The molecule has 8 aromatic carbocycles. The van der Waals surface area contributed by atoms with Crippen LogP contribution >= 0.6 is 11.3 Å². The van der Waals surface area contributed by atoms with Gasteiger partial charge in [-0.2, -0.15) is 0 Å². The molecule has 0 saturated heterocycles. The Bertz CT molecular complexity index is 2820. The molecule has 2 aromatic heterocycles. The van der Waals surface area contributed by atoms with Crippen molar-refractivity contribution in [3.8, 4) is 22.3 Å². The second kappa shape index (κ2) is 11.2. The van der Waals surface area contributed by atoms with Gasteiger partial charge >= 0.3 is 0 Å². The highest BCUT2D eigenvalue weighted by molar-refractivity contribution is 7.25. The van der Waals surface area contributed by atoms with Gasteiger partial charge in [-0.1, -0.05) is 133 Å². The largest absolute Gasteiger partial charge is 0.455 e. The van der Waals surface area contributed by atoms with Gasteiger partial charge in [0.05, 0.1) is 16.8 Å². The smallest absolute Gasteiger partial charge is 0.145 e. The minimum Gasteiger partial charge on any atom is -0.455 e. The summed E-state index contributed by atoms with van der Waals surface area (Å²) in [6.07, 6.45) is 0. The molecule has 0 saturated carbocycles. The maximum Gasteiger partial charge on any atom is 0.145 e. The Morgan fingerprint density at radius 3 is 1.94 bits per heavy atom. The van der Waals surface area contributed by atoms with E-state index in [1.807, 2.05) is 17.4 Å². The topological polar surface area (TPSA) is 16.4 Å². The van der Waals surface area contributed by atoms with Gasteiger partial charge in [-0.25, -0.2) is 0 Å². The summed E-state index contributed by atoms with van der Waals surface area (Å²) >= 11 is 1.86. The van der Waals surface area contributed by atoms with Crippen molar-refractivity contribution in [1.82, 2.24) is 0 Å². The van der Waals surface area contributed by atoms with Gasteiger partial charge in [0.15, 0.2) is 0 Å². The molecule has 3 heteroatoms. The van der Waals surface area contributed by atoms with E-state index in [4.69, 9.17) is 4.42 Å². The Morgan fingerprint density at radius 1 is 0.429 bits per heavy atom. The van der Waals surface area contributed by atoms with Crippen LogP contribution in [0.1, 0.15) is 0 Å². The van der Waals surface area contributed by atoms with Crippen molar-refractivity contribution in [1.29, 1.82) is 0 Å². The second-order valence-corrected chi connectivity index (χ2v) is 13.6. The molecular weight excluding hydrogens is 615 g/mol. The van der Waals surface area contributed by atoms with Crippen LogP contribution in [0.4, 0.5) is 17.1 Å². The number of hydrogen-bond acceptors (Lipinski definition) is 3. The van der Waals surface area contributed by atoms with E-state index in [2.05, 4.69) is 175 Å². The minimum absolute atomic E-state index is 0.883. The maximum atomic E-state index is 6.72. The van der Waals surface area contributed by atoms with E-state index in [1.165, 1.54) is 42.1 Å². The molecule has 0 unspecified atom stereocenters. The van der Waals surface area contributed by atoms with Crippen LogP contribution in [0.3, 0.4) is 0 Å². The lowest BCUT2D eigenvalue weighted by Crippen LogP contribution is -2.11. The van der Waals surface area contributed by atoms with Crippen molar-refractivity contribution in [2.24, 2.45) is 0 Å². The van der Waals surface area contributed by atoms with Gasteiger partial charge in [0.25, 0.3) is 0 Å². The lowest BCUT2D eigenvalue weighted by Gasteiger charge is -2.28. The molecule has 0 amide bonds. The molecule has 10 rings (SSSR count). The average molecular weight is 644 g/mol. The lowest BCUT2D eigenvalue weighted by molar-refractivity contribution is 0.670. The second-order valence-electron chi connectivity index (χ2n) is 12.5. The summed E-state index contributed by atoms with van der Waals surface area (Å²) in [6.45, 7) is 0. The van der Waals surface area contributed by atoms with Crippen molar-refractivity contribution in [2.45, 2.75) is 0 Å². The van der Waals surface area contributed by atoms with Gasteiger partial charge in [-0.05, 0) is 64.5 Å². The molecule has 230 valence electrons. The first-order chi connectivity index (χ1) is 24.3. The third kappa shape index (κ3) is 4.55. The highest BCUT2D eigenvalue weighted by Gasteiger charge is 2.23. The molecule has 2 nitrogen and oxygen atoms in total.